The van der Waals surface area contributed by atoms with Crippen LogP contribution in [-0.2, 0) is 30.3 Å². The lowest BCUT2D eigenvalue weighted by molar-refractivity contribution is -0.159. The Morgan fingerprint density at radius 2 is 1.41 bits per heavy atom. The van der Waals surface area contributed by atoms with Crippen molar-refractivity contribution in [2.75, 3.05) is 18.6 Å². The zero-order chi connectivity index (χ0) is 36.8. The summed E-state index contributed by atoms with van der Waals surface area (Å²) in [4.78, 5) is 57.7. The second kappa shape index (κ2) is 19.6. The number of thioether (sulfide) groups is 1. The van der Waals surface area contributed by atoms with Gasteiger partial charge in [-0.3, -0.25) is 9.59 Å². The van der Waals surface area contributed by atoms with Gasteiger partial charge in [-0.25, -0.2) is 9.59 Å². The number of hydrogen-bond acceptors (Lipinski definition) is 7. The van der Waals surface area contributed by atoms with E-state index in [1.165, 1.54) is 0 Å². The molecule has 3 unspecified atom stereocenters. The van der Waals surface area contributed by atoms with Gasteiger partial charge in [-0.1, -0.05) is 74.7 Å². The average Bonchev–Trinajstić information content (AvgIpc) is 3.00. The molecule has 9 nitrogen and oxygen atoms in total. The van der Waals surface area contributed by atoms with Gasteiger partial charge in [0.05, 0.1) is 0 Å². The normalized spacial score (nSPS) is 13.5. The quantitative estimate of drug-likeness (QED) is 0.130. The number of ether oxygens (including phenoxy) is 2. The third-order valence-electron chi connectivity index (χ3n) is 7.80. The monoisotopic (exact) mass is 697 g/mol. The second-order valence-corrected chi connectivity index (χ2v) is 15.6. The summed E-state index contributed by atoms with van der Waals surface area (Å²) in [5.41, 5.74) is 1.68. The Balaban J connectivity index is 2.69. The van der Waals surface area contributed by atoms with Crippen molar-refractivity contribution in [3.05, 3.63) is 70.8 Å². The van der Waals surface area contributed by atoms with Crippen molar-refractivity contribution >= 4 is 35.6 Å². The molecule has 0 fully saturated rings. The van der Waals surface area contributed by atoms with Crippen molar-refractivity contribution in [1.82, 2.24) is 15.5 Å². The number of esters is 1. The van der Waals surface area contributed by atoms with E-state index in [0.717, 1.165) is 36.0 Å². The lowest BCUT2D eigenvalue weighted by atomic mass is 9.92. The Morgan fingerprint density at radius 1 is 0.796 bits per heavy atom. The molecule has 0 radical (unpaired) electrons. The van der Waals surface area contributed by atoms with E-state index in [4.69, 9.17) is 9.47 Å². The largest absolute Gasteiger partial charge is 0.458 e. The third kappa shape index (κ3) is 14.5. The highest BCUT2D eigenvalue weighted by atomic mass is 32.2. The topological polar surface area (TPSA) is 114 Å². The molecule has 2 N–H and O–H groups in total. The van der Waals surface area contributed by atoms with Crippen LogP contribution in [0.15, 0.2) is 48.5 Å². The van der Waals surface area contributed by atoms with Gasteiger partial charge in [0.25, 0.3) is 0 Å². The molecule has 10 heteroatoms. The molecular weight excluding hydrogens is 639 g/mol. The van der Waals surface area contributed by atoms with Gasteiger partial charge in [-0.15, -0.1) is 0 Å². The van der Waals surface area contributed by atoms with E-state index in [1.54, 1.807) is 58.2 Å². The molecular formula is C39H59N3O6S. The van der Waals surface area contributed by atoms with Gasteiger partial charge in [0, 0.05) is 13.0 Å². The first-order valence-electron chi connectivity index (χ1n) is 17.4. The molecule has 0 aliphatic rings. The van der Waals surface area contributed by atoms with Crippen LogP contribution in [0.3, 0.4) is 0 Å². The SMILES string of the molecule is CCCCCCN(C(=O)C(CCSC)NC(=O)OC(C)(C)C)C(C(=O)NC(Cc1ccccc1)C(=O)OC(C)(C)C)c1c(C)cccc1C. The Labute approximate surface area is 298 Å². The second-order valence-electron chi connectivity index (χ2n) is 14.6. The van der Waals surface area contributed by atoms with E-state index >= 15 is 0 Å². The number of carbonyl (C=O) groups is 4. The maximum absolute atomic E-state index is 14.8. The Kier molecular flexibility index (Phi) is 16.7. The average molecular weight is 698 g/mol. The molecule has 0 bridgehead atoms. The summed E-state index contributed by atoms with van der Waals surface area (Å²) in [6, 6.07) is 12.2. The highest BCUT2D eigenvalue weighted by Gasteiger charge is 2.39. The number of hydrogen-bond donors (Lipinski definition) is 2. The van der Waals surface area contributed by atoms with Crippen LogP contribution in [0.2, 0.25) is 0 Å². The summed E-state index contributed by atoms with van der Waals surface area (Å²) in [5, 5.41) is 5.82. The van der Waals surface area contributed by atoms with Crippen molar-refractivity contribution < 1.29 is 28.7 Å². The number of nitrogens with one attached hydrogen (secondary N) is 2. The van der Waals surface area contributed by atoms with Gasteiger partial charge in [-0.2, -0.15) is 11.8 Å². The number of nitrogens with zero attached hydrogens (tertiary/aromatic N) is 1. The van der Waals surface area contributed by atoms with Crippen LogP contribution in [0.1, 0.15) is 109 Å². The Hall–Kier alpha value is -3.53. The fourth-order valence-corrected chi connectivity index (χ4v) is 6.04. The molecule has 0 aliphatic carbocycles. The maximum atomic E-state index is 14.8. The molecule has 3 amide bonds. The summed E-state index contributed by atoms with van der Waals surface area (Å²) in [5.74, 6) is -0.825. The van der Waals surface area contributed by atoms with Gasteiger partial charge in [0.15, 0.2) is 0 Å². The first-order valence-corrected chi connectivity index (χ1v) is 18.8. The van der Waals surface area contributed by atoms with E-state index in [0.29, 0.717) is 24.2 Å². The molecule has 2 rings (SSSR count). The summed E-state index contributed by atoms with van der Waals surface area (Å²) >= 11 is 1.56. The minimum absolute atomic E-state index is 0.210. The Morgan fingerprint density at radius 3 is 1.96 bits per heavy atom. The van der Waals surface area contributed by atoms with Crippen LogP contribution in [-0.4, -0.2) is 70.6 Å². The molecule has 0 spiro atoms. The summed E-state index contributed by atoms with van der Waals surface area (Å²) in [6.45, 7) is 16.9. The number of aryl methyl sites for hydroxylation is 2. The molecule has 3 atom stereocenters. The maximum Gasteiger partial charge on any atom is 0.408 e. The lowest BCUT2D eigenvalue weighted by Crippen LogP contribution is -2.55. The van der Waals surface area contributed by atoms with E-state index in [1.807, 2.05) is 68.6 Å². The molecule has 2 aromatic carbocycles. The first-order chi connectivity index (χ1) is 23.0. The number of alkyl carbamates (subject to hydrolysis) is 1. The van der Waals surface area contributed by atoms with Crippen LogP contribution in [0.5, 0.6) is 0 Å². The van der Waals surface area contributed by atoms with Crippen LogP contribution in [0.4, 0.5) is 4.79 Å². The third-order valence-corrected chi connectivity index (χ3v) is 8.45. The van der Waals surface area contributed by atoms with E-state index < -0.39 is 47.3 Å². The fourth-order valence-electron chi connectivity index (χ4n) is 5.57. The van der Waals surface area contributed by atoms with Crippen molar-refractivity contribution in [1.29, 1.82) is 0 Å². The fraction of sp³-hybridized carbons (Fsp3) is 0.590. The van der Waals surface area contributed by atoms with Gasteiger partial charge in [0.1, 0.15) is 29.3 Å². The lowest BCUT2D eigenvalue weighted by Gasteiger charge is -2.36. The minimum atomic E-state index is -1.08. The van der Waals surface area contributed by atoms with Crippen molar-refractivity contribution in [3.63, 3.8) is 0 Å². The molecule has 0 heterocycles. The number of carbonyl (C=O) groups excluding carboxylic acids is 4. The molecule has 0 aliphatic heterocycles. The highest BCUT2D eigenvalue weighted by Crippen LogP contribution is 2.30. The van der Waals surface area contributed by atoms with Crippen molar-refractivity contribution in [3.8, 4) is 0 Å². The molecule has 49 heavy (non-hydrogen) atoms. The van der Waals surface area contributed by atoms with Crippen LogP contribution in [0.25, 0.3) is 0 Å². The minimum Gasteiger partial charge on any atom is -0.458 e. The Bertz CT molecular complexity index is 1350. The summed E-state index contributed by atoms with van der Waals surface area (Å²) < 4.78 is 11.3. The van der Waals surface area contributed by atoms with E-state index in [9.17, 15) is 19.2 Å². The zero-order valence-electron chi connectivity index (χ0n) is 31.3. The molecule has 272 valence electrons. The highest BCUT2D eigenvalue weighted by molar-refractivity contribution is 7.98. The van der Waals surface area contributed by atoms with Crippen molar-refractivity contribution in [2.24, 2.45) is 0 Å². The van der Waals surface area contributed by atoms with Gasteiger partial charge < -0.3 is 25.0 Å². The molecule has 2 aromatic rings. The van der Waals surface area contributed by atoms with Gasteiger partial charge >= 0.3 is 12.1 Å². The predicted molar refractivity (Wildman–Crippen MR) is 199 cm³/mol. The van der Waals surface area contributed by atoms with E-state index in [2.05, 4.69) is 17.6 Å². The zero-order valence-corrected chi connectivity index (χ0v) is 32.1. The van der Waals surface area contributed by atoms with E-state index in [-0.39, 0.29) is 18.9 Å². The van der Waals surface area contributed by atoms with Gasteiger partial charge in [-0.05, 0) is 102 Å². The van der Waals surface area contributed by atoms with Crippen LogP contribution >= 0.6 is 11.8 Å². The number of amides is 3. The van der Waals surface area contributed by atoms with Crippen LogP contribution in [0, 0.1) is 13.8 Å². The summed E-state index contributed by atoms with van der Waals surface area (Å²) in [7, 11) is 0. The number of unbranched alkanes of at least 4 members (excludes halogenated alkanes) is 3. The predicted octanol–water partition coefficient (Wildman–Crippen LogP) is 7.47. The molecule has 0 aromatic heterocycles. The molecule has 0 saturated heterocycles. The van der Waals surface area contributed by atoms with Crippen molar-refractivity contribution in [2.45, 2.75) is 130 Å². The summed E-state index contributed by atoms with van der Waals surface area (Å²) in [6.07, 6.45) is 5.31. The van der Waals surface area contributed by atoms with Crippen LogP contribution < -0.4 is 10.6 Å². The smallest absolute Gasteiger partial charge is 0.408 e. The number of rotatable bonds is 17. The molecule has 0 saturated carbocycles. The number of benzene rings is 2. The van der Waals surface area contributed by atoms with Gasteiger partial charge in [0.2, 0.25) is 11.8 Å². The standard InChI is InChI=1S/C39H59N3O6S/c1-11-12-13-17-24-42(35(44)30(23-25-49-10)41-37(46)48-39(7,8)9)33(32-27(2)19-18-20-28(32)3)34(43)40-31(36(45)47-38(4,5)6)26-29-21-15-14-16-22-29/h14-16,18-22,30-31,33H,11-13,17,23-26H2,1-10H3,(H,40,43)(H,41,46). The first kappa shape index (κ1) is 41.6.